The van der Waals surface area contributed by atoms with Gasteiger partial charge in [0.2, 0.25) is 0 Å². The van der Waals surface area contributed by atoms with Crippen LogP contribution in [0.4, 0.5) is 17.1 Å². The van der Waals surface area contributed by atoms with Crippen molar-refractivity contribution in [3.63, 3.8) is 0 Å². The molecule has 8 aromatic carbocycles. The first-order valence-electron chi connectivity index (χ1n) is 17.1. The van der Waals surface area contributed by atoms with Crippen molar-refractivity contribution in [3.8, 4) is 39.1 Å². The zero-order valence-electron chi connectivity index (χ0n) is 27.5. The highest BCUT2D eigenvalue weighted by Gasteiger charge is 2.22. The minimum Gasteiger partial charge on any atom is -0.310 e. The lowest BCUT2D eigenvalue weighted by Gasteiger charge is -2.29. The normalized spacial score (nSPS) is 11.2. The number of para-hydroxylation sites is 2. The van der Waals surface area contributed by atoms with E-state index in [1.54, 1.807) is 0 Å². The van der Waals surface area contributed by atoms with E-state index in [0.29, 0.717) is 0 Å². The van der Waals surface area contributed by atoms with Crippen LogP contribution in [-0.4, -0.2) is 4.57 Å². The van der Waals surface area contributed by atoms with Gasteiger partial charge in [-0.05, 0) is 76.3 Å². The molecular weight excluding hydrogens is 605 g/mol. The summed E-state index contributed by atoms with van der Waals surface area (Å²) in [4.78, 5) is 2.43. The van der Waals surface area contributed by atoms with Gasteiger partial charge < -0.3 is 9.47 Å². The molecule has 0 aliphatic rings. The van der Waals surface area contributed by atoms with E-state index >= 15 is 0 Å². The summed E-state index contributed by atoms with van der Waals surface area (Å²) in [5.41, 5.74) is 13.9. The lowest BCUT2D eigenvalue weighted by Crippen LogP contribution is -2.12. The highest BCUT2D eigenvalue weighted by molar-refractivity contribution is 6.10. The van der Waals surface area contributed by atoms with Crippen LogP contribution in [0, 0.1) is 0 Å². The molecule has 0 spiro atoms. The summed E-state index contributed by atoms with van der Waals surface area (Å²) in [5, 5.41) is 2.47. The van der Waals surface area contributed by atoms with E-state index in [2.05, 4.69) is 216 Å². The van der Waals surface area contributed by atoms with Crippen LogP contribution in [0.5, 0.6) is 0 Å². The Morgan fingerprint density at radius 1 is 0.340 bits per heavy atom. The molecule has 0 radical (unpaired) electrons. The fourth-order valence-electron chi connectivity index (χ4n) is 7.31. The van der Waals surface area contributed by atoms with Gasteiger partial charge in [0.15, 0.2) is 0 Å². The molecule has 0 unspecified atom stereocenters. The first kappa shape index (κ1) is 29.5. The second kappa shape index (κ2) is 12.8. The number of rotatable bonds is 7. The number of aromatic nitrogens is 1. The monoisotopic (exact) mass is 638 g/mol. The van der Waals surface area contributed by atoms with Crippen LogP contribution in [0.15, 0.2) is 206 Å². The van der Waals surface area contributed by atoms with Crippen LogP contribution in [0.25, 0.3) is 60.9 Å². The third-order valence-electron chi connectivity index (χ3n) is 9.59. The Kier molecular flexibility index (Phi) is 7.53. The average molecular weight is 639 g/mol. The van der Waals surface area contributed by atoms with Crippen LogP contribution < -0.4 is 4.90 Å². The number of fused-ring (bicyclic) bond motifs is 3. The topological polar surface area (TPSA) is 8.17 Å². The first-order valence-corrected chi connectivity index (χ1v) is 17.1. The van der Waals surface area contributed by atoms with Gasteiger partial charge in [-0.3, -0.25) is 0 Å². The third kappa shape index (κ3) is 5.24. The van der Waals surface area contributed by atoms with E-state index in [9.17, 15) is 0 Å². The Morgan fingerprint density at radius 3 is 1.58 bits per heavy atom. The molecular formula is C48H34N2. The molecule has 0 atom stereocenters. The minimum atomic E-state index is 1.09. The van der Waals surface area contributed by atoms with E-state index in [4.69, 9.17) is 0 Å². The molecule has 0 amide bonds. The average Bonchev–Trinajstić information content (AvgIpc) is 3.53. The lowest BCUT2D eigenvalue weighted by molar-refractivity contribution is 1.18. The van der Waals surface area contributed by atoms with Crippen molar-refractivity contribution < 1.29 is 0 Å². The van der Waals surface area contributed by atoms with Gasteiger partial charge in [0, 0.05) is 33.4 Å². The fourth-order valence-corrected chi connectivity index (χ4v) is 7.31. The zero-order valence-corrected chi connectivity index (χ0v) is 27.5. The van der Waals surface area contributed by atoms with Gasteiger partial charge in [-0.1, -0.05) is 158 Å². The molecule has 2 nitrogen and oxygen atoms in total. The van der Waals surface area contributed by atoms with Gasteiger partial charge in [-0.25, -0.2) is 0 Å². The van der Waals surface area contributed by atoms with Crippen molar-refractivity contribution in [2.75, 3.05) is 4.90 Å². The molecule has 0 fully saturated rings. The summed E-state index contributed by atoms with van der Waals surface area (Å²) in [5.74, 6) is 0. The summed E-state index contributed by atoms with van der Waals surface area (Å²) in [6, 6.07) is 74.1. The highest BCUT2D eigenvalue weighted by atomic mass is 15.1. The van der Waals surface area contributed by atoms with Crippen LogP contribution in [0.3, 0.4) is 0 Å². The van der Waals surface area contributed by atoms with Crippen molar-refractivity contribution in [2.24, 2.45) is 0 Å². The molecule has 236 valence electrons. The van der Waals surface area contributed by atoms with Gasteiger partial charge in [0.25, 0.3) is 0 Å². The second-order valence-electron chi connectivity index (χ2n) is 12.6. The molecule has 9 rings (SSSR count). The Bertz CT molecular complexity index is 2550. The van der Waals surface area contributed by atoms with Crippen LogP contribution in [-0.2, 0) is 0 Å². The number of hydrogen-bond acceptors (Lipinski definition) is 1. The standard InChI is InChI=1S/C48H34N2/c1-5-16-35(17-6-1)36-28-30-40(31-29-36)49(46-27-15-25-42(37-18-7-2-8-19-37)48(46)38-20-9-3-10-21-38)41-32-33-44-43-24-13-14-26-45(43)50(47(44)34-41)39-22-11-4-12-23-39/h1-34H. The van der Waals surface area contributed by atoms with Crippen molar-refractivity contribution in [2.45, 2.75) is 0 Å². The predicted octanol–water partition coefficient (Wildman–Crippen LogP) is 13.3. The summed E-state index contributed by atoms with van der Waals surface area (Å²) >= 11 is 0. The quantitative estimate of drug-likeness (QED) is 0.169. The van der Waals surface area contributed by atoms with Crippen molar-refractivity contribution >= 4 is 38.9 Å². The first-order chi connectivity index (χ1) is 24.8. The Morgan fingerprint density at radius 2 is 0.880 bits per heavy atom. The minimum absolute atomic E-state index is 1.09. The van der Waals surface area contributed by atoms with Crippen LogP contribution >= 0.6 is 0 Å². The number of nitrogens with zero attached hydrogens (tertiary/aromatic N) is 2. The van der Waals surface area contributed by atoms with Crippen LogP contribution in [0.2, 0.25) is 0 Å². The van der Waals surface area contributed by atoms with Gasteiger partial charge in [-0.15, -0.1) is 0 Å². The molecule has 0 N–H and O–H groups in total. The highest BCUT2D eigenvalue weighted by Crippen LogP contribution is 2.46. The molecule has 0 aliphatic carbocycles. The maximum absolute atomic E-state index is 2.43. The van der Waals surface area contributed by atoms with Crippen LogP contribution in [0.1, 0.15) is 0 Å². The fraction of sp³-hybridized carbons (Fsp3) is 0. The smallest absolute Gasteiger partial charge is 0.0561 e. The maximum atomic E-state index is 2.43. The number of benzene rings is 8. The van der Waals surface area contributed by atoms with Crippen molar-refractivity contribution in [3.05, 3.63) is 206 Å². The Hall–Kier alpha value is -6.64. The third-order valence-corrected chi connectivity index (χ3v) is 9.59. The predicted molar refractivity (Wildman–Crippen MR) is 212 cm³/mol. The van der Waals surface area contributed by atoms with E-state index in [1.165, 1.54) is 55.2 Å². The number of hydrogen-bond donors (Lipinski definition) is 0. The molecule has 9 aromatic rings. The molecule has 0 bridgehead atoms. The maximum Gasteiger partial charge on any atom is 0.0561 e. The van der Waals surface area contributed by atoms with Gasteiger partial charge in [-0.2, -0.15) is 0 Å². The molecule has 0 saturated heterocycles. The van der Waals surface area contributed by atoms with Gasteiger partial charge in [0.1, 0.15) is 0 Å². The summed E-state index contributed by atoms with van der Waals surface area (Å²) in [7, 11) is 0. The molecule has 0 saturated carbocycles. The van der Waals surface area contributed by atoms with Gasteiger partial charge in [0.05, 0.1) is 16.7 Å². The lowest BCUT2D eigenvalue weighted by atomic mass is 9.92. The molecule has 50 heavy (non-hydrogen) atoms. The molecule has 1 aromatic heterocycles. The Labute approximate surface area is 292 Å². The SMILES string of the molecule is c1ccc(-c2ccc(N(c3ccc4c5ccccc5n(-c5ccccc5)c4c3)c3cccc(-c4ccccc4)c3-c3ccccc3)cc2)cc1. The molecule has 0 aliphatic heterocycles. The second-order valence-corrected chi connectivity index (χ2v) is 12.6. The summed E-state index contributed by atoms with van der Waals surface area (Å²) < 4.78 is 2.39. The zero-order chi connectivity index (χ0) is 33.3. The van der Waals surface area contributed by atoms with E-state index in [0.717, 1.165) is 22.7 Å². The largest absolute Gasteiger partial charge is 0.310 e. The van der Waals surface area contributed by atoms with Gasteiger partial charge >= 0.3 is 0 Å². The molecule has 2 heteroatoms. The molecule has 1 heterocycles. The summed E-state index contributed by atoms with van der Waals surface area (Å²) in [6.07, 6.45) is 0. The Balaban J connectivity index is 1.32. The van der Waals surface area contributed by atoms with Crippen molar-refractivity contribution in [1.29, 1.82) is 0 Å². The number of anilines is 3. The van der Waals surface area contributed by atoms with E-state index < -0.39 is 0 Å². The van der Waals surface area contributed by atoms with E-state index in [1.807, 2.05) is 0 Å². The summed E-state index contributed by atoms with van der Waals surface area (Å²) in [6.45, 7) is 0. The van der Waals surface area contributed by atoms with Crippen molar-refractivity contribution in [1.82, 2.24) is 4.57 Å². The van der Waals surface area contributed by atoms with E-state index in [-0.39, 0.29) is 0 Å².